The van der Waals surface area contributed by atoms with Crippen LogP contribution in [0.1, 0.15) is 27.5 Å². The van der Waals surface area contributed by atoms with Crippen LogP contribution in [-0.2, 0) is 0 Å². The van der Waals surface area contributed by atoms with Crippen molar-refractivity contribution in [2.75, 3.05) is 0 Å². The Labute approximate surface area is 162 Å². The van der Waals surface area contributed by atoms with Crippen LogP contribution >= 0.6 is 0 Å². The van der Waals surface area contributed by atoms with Gasteiger partial charge in [0.2, 0.25) is 0 Å². The molecule has 4 aromatic carbocycles. The van der Waals surface area contributed by atoms with E-state index in [1.807, 2.05) is 60.7 Å². The number of hydrogen-bond donors (Lipinski definition) is 2. The van der Waals surface area contributed by atoms with Gasteiger partial charge in [0, 0.05) is 11.1 Å². The maximum absolute atomic E-state index is 13.2. The molecule has 0 bridgehead atoms. The molecule has 0 aliphatic rings. The summed E-state index contributed by atoms with van der Waals surface area (Å²) in [6.45, 7) is 0. The minimum atomic E-state index is -0.565. The van der Waals surface area contributed by atoms with Crippen LogP contribution in [0.15, 0.2) is 91.0 Å². The van der Waals surface area contributed by atoms with E-state index in [2.05, 4.69) is 5.32 Å². The molecule has 0 spiro atoms. The van der Waals surface area contributed by atoms with Crippen molar-refractivity contribution >= 4 is 16.7 Å². The first-order valence-corrected chi connectivity index (χ1v) is 8.95. The molecule has 0 saturated carbocycles. The average Bonchev–Trinajstić information content (AvgIpc) is 2.73. The molecule has 28 heavy (non-hydrogen) atoms. The Morgan fingerprint density at radius 2 is 1.50 bits per heavy atom. The summed E-state index contributed by atoms with van der Waals surface area (Å²) < 4.78 is 13.2. The summed E-state index contributed by atoms with van der Waals surface area (Å²) in [6.07, 6.45) is 0. The summed E-state index contributed by atoms with van der Waals surface area (Å²) in [5.41, 5.74) is 1.81. The van der Waals surface area contributed by atoms with Crippen LogP contribution in [-0.4, -0.2) is 11.0 Å². The number of amides is 1. The Morgan fingerprint density at radius 3 is 2.25 bits per heavy atom. The zero-order valence-corrected chi connectivity index (χ0v) is 15.0. The van der Waals surface area contributed by atoms with Gasteiger partial charge in [-0.15, -0.1) is 0 Å². The zero-order valence-electron chi connectivity index (χ0n) is 15.0. The van der Waals surface area contributed by atoms with Gasteiger partial charge in [-0.1, -0.05) is 60.7 Å². The number of fused-ring (bicyclic) bond motifs is 1. The van der Waals surface area contributed by atoms with E-state index in [1.165, 1.54) is 24.3 Å². The third-order valence-corrected chi connectivity index (χ3v) is 4.75. The van der Waals surface area contributed by atoms with Crippen LogP contribution in [0.5, 0.6) is 5.75 Å². The van der Waals surface area contributed by atoms with Gasteiger partial charge in [0.1, 0.15) is 11.6 Å². The van der Waals surface area contributed by atoms with Crippen LogP contribution in [0, 0.1) is 5.82 Å². The van der Waals surface area contributed by atoms with Crippen LogP contribution < -0.4 is 5.32 Å². The second-order valence-corrected chi connectivity index (χ2v) is 6.54. The number of halogens is 1. The number of benzene rings is 4. The molecule has 0 aliphatic carbocycles. The summed E-state index contributed by atoms with van der Waals surface area (Å²) in [4.78, 5) is 12.8. The molecule has 0 aromatic heterocycles. The van der Waals surface area contributed by atoms with Gasteiger partial charge < -0.3 is 10.4 Å². The van der Waals surface area contributed by atoms with Crippen molar-refractivity contribution in [3.8, 4) is 5.75 Å². The number of hydrogen-bond acceptors (Lipinski definition) is 2. The van der Waals surface area contributed by atoms with Gasteiger partial charge >= 0.3 is 0 Å². The number of rotatable bonds is 4. The van der Waals surface area contributed by atoms with E-state index < -0.39 is 11.9 Å². The van der Waals surface area contributed by atoms with Crippen molar-refractivity contribution < 1.29 is 14.3 Å². The molecule has 4 rings (SSSR count). The predicted molar refractivity (Wildman–Crippen MR) is 108 cm³/mol. The van der Waals surface area contributed by atoms with Crippen molar-refractivity contribution in [2.24, 2.45) is 0 Å². The van der Waals surface area contributed by atoms with Crippen molar-refractivity contribution in [3.05, 3.63) is 114 Å². The number of nitrogens with one attached hydrogen (secondary N) is 1. The van der Waals surface area contributed by atoms with Gasteiger partial charge in [0.15, 0.2) is 0 Å². The third kappa shape index (κ3) is 3.45. The minimum absolute atomic E-state index is 0.104. The van der Waals surface area contributed by atoms with E-state index in [4.69, 9.17) is 0 Å². The second-order valence-electron chi connectivity index (χ2n) is 6.54. The molecule has 2 N–H and O–H groups in total. The molecular formula is C24H18FNO2. The first-order chi connectivity index (χ1) is 13.6. The van der Waals surface area contributed by atoms with Gasteiger partial charge in [-0.25, -0.2) is 4.39 Å². The molecule has 138 valence electrons. The van der Waals surface area contributed by atoms with Crippen LogP contribution in [0.3, 0.4) is 0 Å². The number of carbonyl (C=O) groups excluding carboxylic acids is 1. The average molecular weight is 371 g/mol. The summed E-state index contributed by atoms with van der Waals surface area (Å²) in [6, 6.07) is 25.5. The number of phenolic OH excluding ortho intramolecular Hbond substituents is 1. The van der Waals surface area contributed by atoms with Crippen molar-refractivity contribution in [2.45, 2.75) is 6.04 Å². The summed E-state index contributed by atoms with van der Waals surface area (Å²) >= 11 is 0. The fourth-order valence-corrected chi connectivity index (χ4v) is 3.37. The Kier molecular flexibility index (Phi) is 4.77. The predicted octanol–water partition coefficient (Wildman–Crippen LogP) is 5.20. The summed E-state index contributed by atoms with van der Waals surface area (Å²) in [5.74, 6) is -0.643. The highest BCUT2D eigenvalue weighted by atomic mass is 19.1. The van der Waals surface area contributed by atoms with Crippen molar-refractivity contribution in [3.63, 3.8) is 0 Å². The molecule has 4 heteroatoms. The normalized spacial score (nSPS) is 11.9. The molecule has 0 aliphatic heterocycles. The SMILES string of the molecule is O=C(NC(c1ccccc1)c1c(O)ccc2ccccc12)c1ccc(F)cc1. The minimum Gasteiger partial charge on any atom is -0.508 e. The summed E-state index contributed by atoms with van der Waals surface area (Å²) in [7, 11) is 0. The lowest BCUT2D eigenvalue weighted by molar-refractivity contribution is 0.0943. The van der Waals surface area contributed by atoms with E-state index in [0.717, 1.165) is 16.3 Å². The Balaban J connectivity index is 1.83. The van der Waals surface area contributed by atoms with E-state index in [1.54, 1.807) is 6.07 Å². The molecule has 0 radical (unpaired) electrons. The van der Waals surface area contributed by atoms with Crippen LogP contribution in [0.2, 0.25) is 0 Å². The molecule has 0 fully saturated rings. The zero-order chi connectivity index (χ0) is 19.5. The molecule has 0 heterocycles. The highest BCUT2D eigenvalue weighted by Gasteiger charge is 2.23. The Bertz CT molecular complexity index is 1120. The third-order valence-electron chi connectivity index (χ3n) is 4.75. The molecular weight excluding hydrogens is 353 g/mol. The van der Waals surface area contributed by atoms with Crippen LogP contribution in [0.25, 0.3) is 10.8 Å². The van der Waals surface area contributed by atoms with E-state index in [9.17, 15) is 14.3 Å². The highest BCUT2D eigenvalue weighted by molar-refractivity contribution is 5.96. The lowest BCUT2D eigenvalue weighted by Crippen LogP contribution is -2.29. The lowest BCUT2D eigenvalue weighted by Gasteiger charge is -2.22. The van der Waals surface area contributed by atoms with Gasteiger partial charge in [0.05, 0.1) is 6.04 Å². The first-order valence-electron chi connectivity index (χ1n) is 8.95. The molecule has 4 aromatic rings. The maximum atomic E-state index is 13.2. The smallest absolute Gasteiger partial charge is 0.252 e. The fraction of sp³-hybridized carbons (Fsp3) is 0.0417. The number of aromatic hydroxyl groups is 1. The topological polar surface area (TPSA) is 49.3 Å². The van der Waals surface area contributed by atoms with Crippen molar-refractivity contribution in [1.29, 1.82) is 0 Å². The van der Waals surface area contributed by atoms with Gasteiger partial charge in [-0.3, -0.25) is 4.79 Å². The van der Waals surface area contributed by atoms with Crippen LogP contribution in [0.4, 0.5) is 4.39 Å². The fourth-order valence-electron chi connectivity index (χ4n) is 3.37. The lowest BCUT2D eigenvalue weighted by atomic mass is 9.92. The van der Waals surface area contributed by atoms with Gasteiger partial charge in [-0.2, -0.15) is 0 Å². The largest absolute Gasteiger partial charge is 0.508 e. The van der Waals surface area contributed by atoms with Gasteiger partial charge in [-0.05, 0) is 46.7 Å². The van der Waals surface area contributed by atoms with E-state index in [0.29, 0.717) is 11.1 Å². The van der Waals surface area contributed by atoms with E-state index >= 15 is 0 Å². The molecule has 1 atom stereocenters. The first kappa shape index (κ1) is 17.7. The molecule has 0 saturated heterocycles. The standard InChI is InChI=1S/C24H18FNO2/c25-19-13-10-18(11-14-19)24(28)26-23(17-7-2-1-3-8-17)22-20-9-5-4-6-16(20)12-15-21(22)27/h1-15,23,27H,(H,26,28). The number of phenols is 1. The highest BCUT2D eigenvalue weighted by Crippen LogP contribution is 2.36. The monoisotopic (exact) mass is 371 g/mol. The molecule has 1 unspecified atom stereocenters. The van der Waals surface area contributed by atoms with Crippen molar-refractivity contribution in [1.82, 2.24) is 5.32 Å². The molecule has 1 amide bonds. The quantitative estimate of drug-likeness (QED) is 0.518. The van der Waals surface area contributed by atoms with Gasteiger partial charge in [0.25, 0.3) is 5.91 Å². The Morgan fingerprint density at radius 1 is 0.821 bits per heavy atom. The molecule has 3 nitrogen and oxygen atoms in total. The number of carbonyl (C=O) groups is 1. The Hall–Kier alpha value is -3.66. The van der Waals surface area contributed by atoms with E-state index in [-0.39, 0.29) is 11.7 Å². The summed E-state index contributed by atoms with van der Waals surface area (Å²) in [5, 5.41) is 15.5. The second kappa shape index (κ2) is 7.53. The maximum Gasteiger partial charge on any atom is 0.252 e.